The summed E-state index contributed by atoms with van der Waals surface area (Å²) in [6, 6.07) is 24.1. The van der Waals surface area contributed by atoms with Crippen LogP contribution in [0.1, 0.15) is 38.7 Å². The van der Waals surface area contributed by atoms with E-state index in [9.17, 15) is 4.79 Å². The number of piperidine rings is 1. The van der Waals surface area contributed by atoms with E-state index in [4.69, 9.17) is 11.1 Å². The maximum Gasteiger partial charge on any atom is 0.282 e. The van der Waals surface area contributed by atoms with Crippen molar-refractivity contribution in [3.63, 3.8) is 0 Å². The van der Waals surface area contributed by atoms with E-state index in [1.54, 1.807) is 22.8 Å². The largest absolute Gasteiger partial charge is 0.384 e. The number of nitrogens with two attached hydrogens (primary N) is 1. The monoisotopic (exact) mass is 451 g/mol. The number of nitrogen functional groups attached to an aromatic ring is 1. The second-order valence-electron chi connectivity index (χ2n) is 9.14. The minimum absolute atomic E-state index is 0.0419. The first kappa shape index (κ1) is 21.9. The summed E-state index contributed by atoms with van der Waals surface area (Å²) in [5.41, 5.74) is 10.5. The van der Waals surface area contributed by atoms with Crippen LogP contribution in [0.3, 0.4) is 0 Å². The Bertz CT molecular complexity index is 1410. The molecule has 0 bridgehead atoms. The molecule has 1 fully saturated rings. The molecule has 1 aromatic heterocycles. The van der Waals surface area contributed by atoms with E-state index >= 15 is 0 Å². The van der Waals surface area contributed by atoms with Gasteiger partial charge in [-0.05, 0) is 75.6 Å². The number of rotatable bonds is 4. The van der Waals surface area contributed by atoms with Gasteiger partial charge in [0.25, 0.3) is 5.56 Å². The molecule has 2 heterocycles. The molecule has 2 atom stereocenters. The molecule has 1 aliphatic rings. The molecule has 0 spiro atoms. The molecule has 5 rings (SSSR count). The van der Waals surface area contributed by atoms with Gasteiger partial charge in [0.15, 0.2) is 0 Å². The summed E-state index contributed by atoms with van der Waals surface area (Å²) < 4.78 is 1.73. The summed E-state index contributed by atoms with van der Waals surface area (Å²) in [5.74, 6) is -0.0419. The van der Waals surface area contributed by atoms with Crippen LogP contribution in [-0.4, -0.2) is 27.5 Å². The Balaban J connectivity index is 1.65. The highest BCUT2D eigenvalue weighted by Gasteiger charge is 2.25. The van der Waals surface area contributed by atoms with Crippen molar-refractivity contribution in [3.8, 4) is 16.9 Å². The molecule has 34 heavy (non-hydrogen) atoms. The Morgan fingerprint density at radius 3 is 2.32 bits per heavy atom. The first-order valence-corrected chi connectivity index (χ1v) is 11.8. The molecule has 1 saturated heterocycles. The third kappa shape index (κ3) is 3.85. The van der Waals surface area contributed by atoms with Crippen LogP contribution in [0.4, 0.5) is 5.69 Å². The van der Waals surface area contributed by atoms with Gasteiger partial charge >= 0.3 is 0 Å². The van der Waals surface area contributed by atoms with Crippen molar-refractivity contribution in [1.29, 1.82) is 5.41 Å². The van der Waals surface area contributed by atoms with Crippen LogP contribution >= 0.6 is 0 Å². The SMILES string of the molecule is CC1CCCC(C)N1c1ccc(-n2c(=O)c(-c3cccc(C(=N)N)c3)nc3ccccc32)cc1. The van der Waals surface area contributed by atoms with Crippen LogP contribution in [0.15, 0.2) is 77.6 Å². The zero-order chi connectivity index (χ0) is 23.8. The van der Waals surface area contributed by atoms with Gasteiger partial charge in [-0.3, -0.25) is 14.8 Å². The average molecular weight is 452 g/mol. The minimum Gasteiger partial charge on any atom is -0.384 e. The third-order valence-corrected chi connectivity index (χ3v) is 6.81. The molecule has 6 nitrogen and oxygen atoms in total. The molecule has 0 amide bonds. The molecule has 4 aromatic rings. The van der Waals surface area contributed by atoms with Crippen LogP contribution in [0, 0.1) is 5.41 Å². The summed E-state index contributed by atoms with van der Waals surface area (Å²) >= 11 is 0. The number of hydrogen-bond donors (Lipinski definition) is 2. The number of anilines is 1. The van der Waals surface area contributed by atoms with Crippen molar-refractivity contribution in [1.82, 2.24) is 9.55 Å². The number of fused-ring (bicyclic) bond motifs is 1. The van der Waals surface area contributed by atoms with E-state index < -0.39 is 0 Å². The van der Waals surface area contributed by atoms with Gasteiger partial charge in [-0.2, -0.15) is 0 Å². The maximum absolute atomic E-state index is 13.8. The summed E-state index contributed by atoms with van der Waals surface area (Å²) in [5, 5.41) is 7.76. The third-order valence-electron chi connectivity index (χ3n) is 6.81. The fourth-order valence-electron chi connectivity index (χ4n) is 5.11. The molecule has 172 valence electrons. The van der Waals surface area contributed by atoms with Gasteiger partial charge in [-0.25, -0.2) is 4.98 Å². The van der Waals surface area contributed by atoms with E-state index in [1.165, 1.54) is 24.9 Å². The quantitative estimate of drug-likeness (QED) is 0.334. The zero-order valence-electron chi connectivity index (χ0n) is 19.5. The lowest BCUT2D eigenvalue weighted by Crippen LogP contribution is -2.43. The van der Waals surface area contributed by atoms with Crippen molar-refractivity contribution < 1.29 is 0 Å². The molecule has 2 unspecified atom stereocenters. The normalized spacial score (nSPS) is 18.2. The van der Waals surface area contributed by atoms with E-state index in [1.807, 2.05) is 42.5 Å². The van der Waals surface area contributed by atoms with Crippen molar-refractivity contribution in [3.05, 3.63) is 88.7 Å². The Morgan fingerprint density at radius 2 is 1.62 bits per heavy atom. The van der Waals surface area contributed by atoms with Crippen LogP contribution in [-0.2, 0) is 0 Å². The lowest BCUT2D eigenvalue weighted by atomic mass is 9.96. The Morgan fingerprint density at radius 1 is 0.941 bits per heavy atom. The number of nitrogens with one attached hydrogen (secondary N) is 1. The molecular weight excluding hydrogens is 422 g/mol. The van der Waals surface area contributed by atoms with Crippen molar-refractivity contribution in [2.45, 2.75) is 45.2 Å². The topological polar surface area (TPSA) is 88.0 Å². The number of aromatic nitrogens is 2. The van der Waals surface area contributed by atoms with Crippen LogP contribution < -0.4 is 16.2 Å². The molecule has 3 aromatic carbocycles. The Kier molecular flexibility index (Phi) is 5.65. The number of amidine groups is 1. The minimum atomic E-state index is -0.202. The molecule has 1 aliphatic heterocycles. The predicted molar refractivity (Wildman–Crippen MR) is 139 cm³/mol. The summed E-state index contributed by atoms with van der Waals surface area (Å²) in [6.45, 7) is 4.57. The second-order valence-corrected chi connectivity index (χ2v) is 9.14. The van der Waals surface area contributed by atoms with Gasteiger partial charge in [0.1, 0.15) is 11.5 Å². The van der Waals surface area contributed by atoms with Crippen LogP contribution in [0.25, 0.3) is 28.0 Å². The zero-order valence-corrected chi connectivity index (χ0v) is 19.5. The Labute approximate surface area is 199 Å². The van der Waals surface area contributed by atoms with E-state index in [0.717, 1.165) is 16.7 Å². The highest BCUT2D eigenvalue weighted by atomic mass is 16.1. The van der Waals surface area contributed by atoms with Crippen molar-refractivity contribution in [2.24, 2.45) is 5.73 Å². The Hall–Kier alpha value is -3.93. The van der Waals surface area contributed by atoms with Gasteiger partial charge in [0.05, 0.1) is 11.0 Å². The van der Waals surface area contributed by atoms with E-state index in [0.29, 0.717) is 28.9 Å². The van der Waals surface area contributed by atoms with E-state index in [-0.39, 0.29) is 11.4 Å². The lowest BCUT2D eigenvalue weighted by molar-refractivity contribution is 0.414. The molecule has 0 radical (unpaired) electrons. The molecule has 0 aliphatic carbocycles. The number of nitrogens with zero attached hydrogens (tertiary/aromatic N) is 3. The molecule has 6 heteroatoms. The first-order valence-electron chi connectivity index (χ1n) is 11.8. The fraction of sp³-hybridized carbons (Fsp3) is 0.250. The standard InChI is InChI=1S/C28H29N5O/c1-18-7-5-8-19(2)32(18)22-13-15-23(16-14-22)33-25-12-4-3-11-24(25)31-26(28(33)34)20-9-6-10-21(17-20)27(29)30/h3-4,6,9-19H,5,7-8H2,1-2H3,(H3,29,30). The highest BCUT2D eigenvalue weighted by Crippen LogP contribution is 2.30. The summed E-state index contributed by atoms with van der Waals surface area (Å²) in [7, 11) is 0. The number of para-hydroxylation sites is 2. The lowest BCUT2D eigenvalue weighted by Gasteiger charge is -2.41. The highest BCUT2D eigenvalue weighted by molar-refractivity contribution is 5.96. The average Bonchev–Trinajstić information content (AvgIpc) is 2.84. The molecule has 0 saturated carbocycles. The number of benzene rings is 3. The van der Waals surface area contributed by atoms with Crippen molar-refractivity contribution in [2.75, 3.05) is 4.90 Å². The number of hydrogen-bond acceptors (Lipinski definition) is 4. The van der Waals surface area contributed by atoms with Gasteiger partial charge in [0.2, 0.25) is 0 Å². The molecular formula is C28H29N5O. The van der Waals surface area contributed by atoms with Gasteiger partial charge in [-0.1, -0.05) is 30.3 Å². The van der Waals surface area contributed by atoms with Crippen LogP contribution in [0.5, 0.6) is 0 Å². The smallest absolute Gasteiger partial charge is 0.282 e. The fourth-order valence-corrected chi connectivity index (χ4v) is 5.11. The second kappa shape index (κ2) is 8.78. The van der Waals surface area contributed by atoms with E-state index in [2.05, 4.69) is 35.9 Å². The summed E-state index contributed by atoms with van der Waals surface area (Å²) in [4.78, 5) is 20.9. The van der Waals surface area contributed by atoms with Gasteiger partial charge in [-0.15, -0.1) is 0 Å². The van der Waals surface area contributed by atoms with Crippen LogP contribution in [0.2, 0.25) is 0 Å². The predicted octanol–water partition coefficient (Wildman–Crippen LogP) is 5.10. The van der Waals surface area contributed by atoms with Gasteiger partial charge < -0.3 is 10.6 Å². The first-order chi connectivity index (χ1) is 16.4. The summed E-state index contributed by atoms with van der Waals surface area (Å²) in [6.07, 6.45) is 3.66. The molecule has 3 N–H and O–H groups in total. The van der Waals surface area contributed by atoms with Gasteiger partial charge in [0, 0.05) is 34.6 Å². The van der Waals surface area contributed by atoms with Crippen molar-refractivity contribution >= 4 is 22.6 Å². The maximum atomic E-state index is 13.8.